The van der Waals surface area contributed by atoms with Gasteiger partial charge in [0.2, 0.25) is 5.95 Å². The van der Waals surface area contributed by atoms with Gasteiger partial charge in [0.15, 0.2) is 0 Å². The van der Waals surface area contributed by atoms with Gasteiger partial charge in [-0.05, 0) is 5.56 Å². The van der Waals surface area contributed by atoms with Crippen LogP contribution >= 0.6 is 0 Å². The fraction of sp³-hybridized carbons (Fsp3) is 0.105. The Morgan fingerprint density at radius 2 is 1.60 bits per heavy atom. The van der Waals surface area contributed by atoms with Crippen LogP contribution in [0.3, 0.4) is 0 Å². The van der Waals surface area contributed by atoms with Gasteiger partial charge in [-0.25, -0.2) is 4.98 Å². The minimum Gasteiger partial charge on any atom is -0.480 e. The Kier molecular flexibility index (Phi) is 5.21. The molecule has 0 aliphatic heterocycles. The molecule has 0 saturated heterocycles. The molecule has 0 fully saturated rings. The van der Waals surface area contributed by atoms with Gasteiger partial charge in [-0.15, -0.1) is 0 Å². The van der Waals surface area contributed by atoms with Crippen LogP contribution < -0.4 is 10.6 Å². The second-order valence-corrected chi connectivity index (χ2v) is 5.41. The minimum absolute atomic E-state index is 0.240. The third kappa shape index (κ3) is 4.78. The van der Waals surface area contributed by atoms with Crippen molar-refractivity contribution in [3.63, 3.8) is 0 Å². The fourth-order valence-electron chi connectivity index (χ4n) is 2.32. The molecule has 6 nitrogen and oxygen atoms in total. The molecule has 0 atom stereocenters. The molecule has 0 aliphatic carbocycles. The van der Waals surface area contributed by atoms with Crippen molar-refractivity contribution < 1.29 is 9.90 Å². The van der Waals surface area contributed by atoms with Crippen molar-refractivity contribution in [2.24, 2.45) is 0 Å². The first kappa shape index (κ1) is 16.4. The number of rotatable bonds is 7. The third-order valence-electron chi connectivity index (χ3n) is 3.51. The smallest absolute Gasteiger partial charge is 0.322 e. The number of aliphatic carboxylic acids is 1. The highest BCUT2D eigenvalue weighted by Gasteiger charge is 2.08. The zero-order valence-corrected chi connectivity index (χ0v) is 13.5. The van der Waals surface area contributed by atoms with Crippen LogP contribution in [0.25, 0.3) is 11.3 Å². The van der Waals surface area contributed by atoms with Gasteiger partial charge < -0.3 is 15.7 Å². The molecule has 6 heteroatoms. The van der Waals surface area contributed by atoms with Crippen molar-refractivity contribution >= 4 is 17.7 Å². The second-order valence-electron chi connectivity index (χ2n) is 5.41. The van der Waals surface area contributed by atoms with Gasteiger partial charge in [0.05, 0.1) is 5.69 Å². The lowest BCUT2D eigenvalue weighted by Gasteiger charge is -2.11. The lowest BCUT2D eigenvalue weighted by Crippen LogP contribution is -2.15. The lowest BCUT2D eigenvalue weighted by molar-refractivity contribution is -0.134. The SMILES string of the molecule is O=C(O)CNc1nc(NCc2ccccc2)cc(-c2ccccc2)n1. The van der Waals surface area contributed by atoms with Gasteiger partial charge in [-0.2, -0.15) is 4.98 Å². The lowest BCUT2D eigenvalue weighted by atomic mass is 10.1. The van der Waals surface area contributed by atoms with Crippen molar-refractivity contribution in [3.05, 3.63) is 72.3 Å². The predicted molar refractivity (Wildman–Crippen MR) is 97.4 cm³/mol. The maximum atomic E-state index is 10.8. The Morgan fingerprint density at radius 1 is 0.920 bits per heavy atom. The number of nitrogens with one attached hydrogen (secondary N) is 2. The second kappa shape index (κ2) is 7.92. The quantitative estimate of drug-likeness (QED) is 0.615. The molecule has 0 spiro atoms. The molecule has 0 unspecified atom stereocenters. The van der Waals surface area contributed by atoms with E-state index in [2.05, 4.69) is 20.6 Å². The van der Waals surface area contributed by atoms with E-state index in [0.29, 0.717) is 12.4 Å². The molecule has 25 heavy (non-hydrogen) atoms. The van der Waals surface area contributed by atoms with Crippen molar-refractivity contribution in [1.29, 1.82) is 0 Å². The molecule has 3 rings (SSSR count). The number of hydrogen-bond acceptors (Lipinski definition) is 5. The summed E-state index contributed by atoms with van der Waals surface area (Å²) in [7, 11) is 0. The average Bonchev–Trinajstić information content (AvgIpc) is 2.66. The highest BCUT2D eigenvalue weighted by Crippen LogP contribution is 2.21. The largest absolute Gasteiger partial charge is 0.480 e. The van der Waals surface area contributed by atoms with Crippen LogP contribution in [0.2, 0.25) is 0 Å². The maximum absolute atomic E-state index is 10.8. The molecule has 3 aromatic rings. The van der Waals surface area contributed by atoms with Gasteiger partial charge in [0, 0.05) is 18.2 Å². The van der Waals surface area contributed by atoms with Gasteiger partial charge in [-0.1, -0.05) is 60.7 Å². The molecular weight excluding hydrogens is 316 g/mol. The summed E-state index contributed by atoms with van der Waals surface area (Å²) in [6, 6.07) is 21.5. The Bertz CT molecular complexity index is 839. The number of carbonyl (C=O) groups is 1. The molecule has 3 N–H and O–H groups in total. The number of nitrogens with zero attached hydrogens (tertiary/aromatic N) is 2. The Hall–Kier alpha value is -3.41. The van der Waals surface area contributed by atoms with E-state index in [0.717, 1.165) is 16.8 Å². The van der Waals surface area contributed by atoms with Gasteiger partial charge in [0.25, 0.3) is 0 Å². The summed E-state index contributed by atoms with van der Waals surface area (Å²) in [6.45, 7) is 0.376. The molecule has 0 bridgehead atoms. The summed E-state index contributed by atoms with van der Waals surface area (Å²) >= 11 is 0. The van der Waals surface area contributed by atoms with E-state index in [9.17, 15) is 4.79 Å². The Morgan fingerprint density at radius 3 is 2.28 bits per heavy atom. The number of benzene rings is 2. The third-order valence-corrected chi connectivity index (χ3v) is 3.51. The van der Waals surface area contributed by atoms with Crippen LogP contribution in [0.5, 0.6) is 0 Å². The molecule has 0 aliphatic rings. The number of carboxylic acid groups (broad SMARTS) is 1. The number of hydrogen-bond donors (Lipinski definition) is 3. The summed E-state index contributed by atoms with van der Waals surface area (Å²) in [6.07, 6.45) is 0. The van der Waals surface area contributed by atoms with E-state index >= 15 is 0 Å². The van der Waals surface area contributed by atoms with Crippen LogP contribution in [-0.2, 0) is 11.3 Å². The van der Waals surface area contributed by atoms with Crippen molar-refractivity contribution in [1.82, 2.24) is 9.97 Å². The van der Waals surface area contributed by atoms with E-state index in [1.807, 2.05) is 66.7 Å². The van der Waals surface area contributed by atoms with E-state index < -0.39 is 5.97 Å². The zero-order chi connectivity index (χ0) is 17.5. The van der Waals surface area contributed by atoms with Crippen molar-refractivity contribution in [3.8, 4) is 11.3 Å². The number of carboxylic acids is 1. The van der Waals surface area contributed by atoms with E-state index in [1.54, 1.807) is 0 Å². The highest BCUT2D eigenvalue weighted by atomic mass is 16.4. The Balaban J connectivity index is 1.85. The average molecular weight is 334 g/mol. The molecule has 1 aromatic heterocycles. The number of anilines is 2. The zero-order valence-electron chi connectivity index (χ0n) is 13.5. The topological polar surface area (TPSA) is 87.1 Å². The van der Waals surface area contributed by atoms with Crippen molar-refractivity contribution in [2.75, 3.05) is 17.2 Å². The summed E-state index contributed by atoms with van der Waals surface area (Å²) in [5.41, 5.74) is 2.78. The molecule has 0 radical (unpaired) electrons. The monoisotopic (exact) mass is 334 g/mol. The van der Waals surface area contributed by atoms with Gasteiger partial charge in [0.1, 0.15) is 12.4 Å². The Labute approximate surface area is 145 Å². The predicted octanol–water partition coefficient (Wildman–Crippen LogP) is 3.25. The van der Waals surface area contributed by atoms with E-state index in [4.69, 9.17) is 5.11 Å². The first-order valence-corrected chi connectivity index (χ1v) is 7.89. The summed E-state index contributed by atoms with van der Waals surface area (Å²) in [5, 5.41) is 14.8. The molecule has 0 saturated carbocycles. The van der Waals surface area contributed by atoms with Crippen molar-refractivity contribution in [2.45, 2.75) is 6.54 Å². The van der Waals surface area contributed by atoms with Crippen LogP contribution in [0, 0.1) is 0 Å². The number of aromatic nitrogens is 2. The minimum atomic E-state index is -0.965. The summed E-state index contributed by atoms with van der Waals surface area (Å²) < 4.78 is 0. The standard InChI is InChI=1S/C19H18N4O2/c24-18(25)13-21-19-22-16(15-9-5-2-6-10-15)11-17(23-19)20-12-14-7-3-1-4-8-14/h1-11H,12-13H2,(H,24,25)(H2,20,21,22,23). The maximum Gasteiger partial charge on any atom is 0.322 e. The molecule has 0 amide bonds. The molecular formula is C19H18N4O2. The summed E-state index contributed by atoms with van der Waals surface area (Å²) in [5.74, 6) is -0.0579. The van der Waals surface area contributed by atoms with Crippen LogP contribution in [0.1, 0.15) is 5.56 Å². The molecule has 126 valence electrons. The van der Waals surface area contributed by atoms with E-state index in [1.165, 1.54) is 0 Å². The van der Waals surface area contributed by atoms with Crippen LogP contribution in [0.4, 0.5) is 11.8 Å². The fourth-order valence-corrected chi connectivity index (χ4v) is 2.32. The van der Waals surface area contributed by atoms with Crippen LogP contribution in [0.15, 0.2) is 66.7 Å². The van der Waals surface area contributed by atoms with E-state index in [-0.39, 0.29) is 12.5 Å². The molecule has 1 heterocycles. The highest BCUT2D eigenvalue weighted by molar-refractivity contribution is 5.72. The normalized spacial score (nSPS) is 10.2. The molecule has 2 aromatic carbocycles. The van der Waals surface area contributed by atoms with Gasteiger partial charge >= 0.3 is 5.97 Å². The van der Waals surface area contributed by atoms with Crippen LogP contribution in [-0.4, -0.2) is 27.6 Å². The van der Waals surface area contributed by atoms with Gasteiger partial charge in [-0.3, -0.25) is 4.79 Å². The summed E-state index contributed by atoms with van der Waals surface area (Å²) in [4.78, 5) is 19.5. The first-order valence-electron chi connectivity index (χ1n) is 7.89. The first-order chi connectivity index (χ1) is 12.2.